The van der Waals surface area contributed by atoms with Crippen molar-refractivity contribution < 1.29 is 4.74 Å². The predicted octanol–water partition coefficient (Wildman–Crippen LogP) is 5.11. The standard InChI is InChI=1S/C15H15BrClNO/c1-2-19-15-6-4-3-5-14(15)18-10-11-9-12(16)7-8-13(11)17/h3-9,18H,2,10H2,1H3. The molecule has 0 aliphatic heterocycles. The van der Waals surface area contributed by atoms with Gasteiger partial charge in [0.1, 0.15) is 5.75 Å². The maximum atomic E-state index is 6.17. The molecule has 0 saturated carbocycles. The molecule has 19 heavy (non-hydrogen) atoms. The summed E-state index contributed by atoms with van der Waals surface area (Å²) in [5, 5.41) is 4.11. The van der Waals surface area contributed by atoms with Crippen molar-refractivity contribution in [3.05, 3.63) is 57.5 Å². The Morgan fingerprint density at radius 2 is 2.00 bits per heavy atom. The predicted molar refractivity (Wildman–Crippen MR) is 84.1 cm³/mol. The highest BCUT2D eigenvalue weighted by atomic mass is 79.9. The van der Waals surface area contributed by atoms with Gasteiger partial charge in [-0.25, -0.2) is 0 Å². The summed E-state index contributed by atoms with van der Waals surface area (Å²) in [5.74, 6) is 0.858. The Hall–Kier alpha value is -1.19. The maximum absolute atomic E-state index is 6.17. The zero-order valence-electron chi connectivity index (χ0n) is 10.6. The van der Waals surface area contributed by atoms with Crippen LogP contribution in [-0.2, 0) is 6.54 Å². The summed E-state index contributed by atoms with van der Waals surface area (Å²) in [4.78, 5) is 0. The fraction of sp³-hybridized carbons (Fsp3) is 0.200. The molecule has 0 radical (unpaired) electrons. The van der Waals surface area contributed by atoms with Gasteiger partial charge < -0.3 is 10.1 Å². The molecule has 0 atom stereocenters. The first kappa shape index (κ1) is 14.2. The lowest BCUT2D eigenvalue weighted by atomic mass is 10.2. The van der Waals surface area contributed by atoms with Crippen LogP contribution in [0.15, 0.2) is 46.9 Å². The van der Waals surface area contributed by atoms with Gasteiger partial charge in [0.25, 0.3) is 0 Å². The number of benzene rings is 2. The Kier molecular flexibility index (Phi) is 5.11. The van der Waals surface area contributed by atoms with Gasteiger partial charge in [0.15, 0.2) is 0 Å². The molecule has 4 heteroatoms. The van der Waals surface area contributed by atoms with Crippen LogP contribution in [0.5, 0.6) is 5.75 Å². The van der Waals surface area contributed by atoms with Crippen molar-refractivity contribution >= 4 is 33.2 Å². The fourth-order valence-corrected chi connectivity index (χ4v) is 2.36. The third-order valence-electron chi connectivity index (χ3n) is 2.66. The third-order valence-corrected chi connectivity index (χ3v) is 3.53. The molecule has 2 rings (SSSR count). The number of hydrogen-bond donors (Lipinski definition) is 1. The summed E-state index contributed by atoms with van der Waals surface area (Å²) in [5.41, 5.74) is 2.02. The van der Waals surface area contributed by atoms with Gasteiger partial charge in [-0.05, 0) is 42.8 Å². The van der Waals surface area contributed by atoms with Crippen molar-refractivity contribution in [2.45, 2.75) is 13.5 Å². The summed E-state index contributed by atoms with van der Waals surface area (Å²) in [7, 11) is 0. The number of nitrogens with one attached hydrogen (secondary N) is 1. The molecule has 0 aromatic heterocycles. The van der Waals surface area contributed by atoms with E-state index >= 15 is 0 Å². The van der Waals surface area contributed by atoms with Crippen molar-refractivity contribution in [3.8, 4) is 5.75 Å². The zero-order chi connectivity index (χ0) is 13.7. The van der Waals surface area contributed by atoms with E-state index in [-0.39, 0.29) is 0 Å². The number of anilines is 1. The highest BCUT2D eigenvalue weighted by Gasteiger charge is 2.04. The Morgan fingerprint density at radius 3 is 2.79 bits per heavy atom. The summed E-state index contributed by atoms with van der Waals surface area (Å²) < 4.78 is 6.59. The van der Waals surface area contributed by atoms with Gasteiger partial charge in [0, 0.05) is 16.0 Å². The zero-order valence-corrected chi connectivity index (χ0v) is 13.0. The molecule has 0 unspecified atom stereocenters. The smallest absolute Gasteiger partial charge is 0.142 e. The molecule has 0 heterocycles. The van der Waals surface area contributed by atoms with Crippen LogP contribution in [0.25, 0.3) is 0 Å². The van der Waals surface area contributed by atoms with Crippen LogP contribution in [0.3, 0.4) is 0 Å². The highest BCUT2D eigenvalue weighted by molar-refractivity contribution is 9.10. The minimum Gasteiger partial charge on any atom is -0.492 e. The van der Waals surface area contributed by atoms with Crippen LogP contribution in [0.2, 0.25) is 5.02 Å². The first-order chi connectivity index (χ1) is 9.20. The first-order valence-corrected chi connectivity index (χ1v) is 7.27. The monoisotopic (exact) mass is 339 g/mol. The summed E-state index contributed by atoms with van der Waals surface area (Å²) in [6, 6.07) is 13.7. The van der Waals surface area contributed by atoms with E-state index in [9.17, 15) is 0 Å². The molecule has 2 nitrogen and oxygen atoms in total. The molecule has 2 aromatic carbocycles. The van der Waals surface area contributed by atoms with Crippen LogP contribution in [-0.4, -0.2) is 6.61 Å². The Morgan fingerprint density at radius 1 is 1.21 bits per heavy atom. The minimum absolute atomic E-state index is 0.649. The summed E-state index contributed by atoms with van der Waals surface area (Å²) in [6.45, 7) is 3.28. The molecule has 0 spiro atoms. The van der Waals surface area contributed by atoms with Crippen LogP contribution in [0.1, 0.15) is 12.5 Å². The van der Waals surface area contributed by atoms with Gasteiger partial charge >= 0.3 is 0 Å². The van der Waals surface area contributed by atoms with Crippen LogP contribution in [0.4, 0.5) is 5.69 Å². The van der Waals surface area contributed by atoms with Crippen molar-refractivity contribution in [3.63, 3.8) is 0 Å². The van der Waals surface area contributed by atoms with E-state index in [0.29, 0.717) is 13.2 Å². The number of rotatable bonds is 5. The molecule has 1 N–H and O–H groups in total. The molecule has 0 aliphatic rings. The van der Waals surface area contributed by atoms with Crippen molar-refractivity contribution in [2.75, 3.05) is 11.9 Å². The summed E-state index contributed by atoms with van der Waals surface area (Å²) in [6.07, 6.45) is 0. The summed E-state index contributed by atoms with van der Waals surface area (Å²) >= 11 is 9.62. The lowest BCUT2D eigenvalue weighted by Crippen LogP contribution is -2.03. The number of halogens is 2. The second-order valence-corrected chi connectivity index (χ2v) is 5.34. The molecule has 0 saturated heterocycles. The van der Waals surface area contributed by atoms with Gasteiger partial charge in [0.2, 0.25) is 0 Å². The molecule has 0 fully saturated rings. The molecule has 0 bridgehead atoms. The number of para-hydroxylation sites is 2. The topological polar surface area (TPSA) is 21.3 Å². The molecule has 100 valence electrons. The third kappa shape index (κ3) is 3.88. The van der Waals surface area contributed by atoms with E-state index in [2.05, 4.69) is 21.2 Å². The van der Waals surface area contributed by atoms with Gasteiger partial charge in [-0.15, -0.1) is 0 Å². The van der Waals surface area contributed by atoms with Crippen LogP contribution >= 0.6 is 27.5 Å². The lowest BCUT2D eigenvalue weighted by Gasteiger charge is -2.13. The van der Waals surface area contributed by atoms with Crippen LogP contribution < -0.4 is 10.1 Å². The normalized spacial score (nSPS) is 10.3. The fourth-order valence-electron chi connectivity index (χ4n) is 1.76. The quantitative estimate of drug-likeness (QED) is 0.816. The highest BCUT2D eigenvalue weighted by Crippen LogP contribution is 2.26. The number of hydrogen-bond acceptors (Lipinski definition) is 2. The maximum Gasteiger partial charge on any atom is 0.142 e. The van der Waals surface area contributed by atoms with E-state index in [0.717, 1.165) is 26.5 Å². The average Bonchev–Trinajstić information content (AvgIpc) is 2.42. The van der Waals surface area contributed by atoms with Crippen molar-refractivity contribution in [1.82, 2.24) is 0 Å². The Balaban J connectivity index is 2.12. The van der Waals surface area contributed by atoms with E-state index in [1.54, 1.807) is 0 Å². The van der Waals surface area contributed by atoms with Gasteiger partial charge in [-0.2, -0.15) is 0 Å². The van der Waals surface area contributed by atoms with E-state index in [1.807, 2.05) is 49.4 Å². The van der Waals surface area contributed by atoms with Crippen molar-refractivity contribution in [1.29, 1.82) is 0 Å². The molecule has 0 amide bonds. The van der Waals surface area contributed by atoms with E-state index in [1.165, 1.54) is 0 Å². The second kappa shape index (κ2) is 6.83. The second-order valence-electron chi connectivity index (χ2n) is 4.02. The Bertz CT molecular complexity index is 560. The molecular formula is C15H15BrClNO. The number of ether oxygens (including phenoxy) is 1. The van der Waals surface area contributed by atoms with Crippen LogP contribution in [0, 0.1) is 0 Å². The van der Waals surface area contributed by atoms with Gasteiger partial charge in [-0.3, -0.25) is 0 Å². The first-order valence-electron chi connectivity index (χ1n) is 6.10. The lowest BCUT2D eigenvalue weighted by molar-refractivity contribution is 0.341. The molecular weight excluding hydrogens is 326 g/mol. The largest absolute Gasteiger partial charge is 0.492 e. The minimum atomic E-state index is 0.649. The van der Waals surface area contributed by atoms with Gasteiger partial charge in [0.05, 0.1) is 12.3 Å². The molecule has 2 aromatic rings. The van der Waals surface area contributed by atoms with Crippen molar-refractivity contribution in [2.24, 2.45) is 0 Å². The van der Waals surface area contributed by atoms with E-state index in [4.69, 9.17) is 16.3 Å². The van der Waals surface area contributed by atoms with E-state index < -0.39 is 0 Å². The molecule has 0 aliphatic carbocycles. The Labute approximate surface area is 126 Å². The average molecular weight is 341 g/mol. The van der Waals surface area contributed by atoms with Gasteiger partial charge in [-0.1, -0.05) is 39.7 Å². The SMILES string of the molecule is CCOc1ccccc1NCc1cc(Br)ccc1Cl.